The Morgan fingerprint density at radius 2 is 2.25 bits per heavy atom. The van der Waals surface area contributed by atoms with Gasteiger partial charge in [0.05, 0.1) is 13.2 Å². The maximum Gasteiger partial charge on any atom is 0.122 e. The number of methoxy groups -OCH3 is 1. The normalized spacial score (nSPS) is 12.5. The summed E-state index contributed by atoms with van der Waals surface area (Å²) >= 11 is 5.91. The molecule has 16 heavy (non-hydrogen) atoms. The maximum absolute atomic E-state index is 9.78. The molecule has 90 valence electrons. The molecule has 1 rings (SSSR count). The van der Waals surface area contributed by atoms with Crippen molar-refractivity contribution in [1.29, 1.82) is 0 Å². The highest BCUT2D eigenvalue weighted by Gasteiger charge is 2.09. The first-order valence-corrected chi connectivity index (χ1v) is 5.76. The van der Waals surface area contributed by atoms with Crippen LogP contribution in [0.15, 0.2) is 18.2 Å². The van der Waals surface area contributed by atoms with Crippen molar-refractivity contribution in [1.82, 2.24) is 5.32 Å². The van der Waals surface area contributed by atoms with E-state index in [2.05, 4.69) is 5.32 Å². The molecule has 3 nitrogen and oxygen atoms in total. The van der Waals surface area contributed by atoms with Gasteiger partial charge in [0.2, 0.25) is 0 Å². The van der Waals surface area contributed by atoms with Crippen LogP contribution in [0.3, 0.4) is 0 Å². The maximum atomic E-state index is 9.78. The largest absolute Gasteiger partial charge is 0.496 e. The van der Waals surface area contributed by atoms with E-state index in [1.54, 1.807) is 13.2 Å². The molecule has 1 aromatic carbocycles. The topological polar surface area (TPSA) is 41.5 Å². The average molecular weight is 244 g/mol. The summed E-state index contributed by atoms with van der Waals surface area (Å²) in [5.41, 5.74) is 0.931. The lowest BCUT2D eigenvalue weighted by Crippen LogP contribution is -2.28. The molecule has 0 aliphatic heterocycles. The summed E-state index contributed by atoms with van der Waals surface area (Å²) in [7, 11) is 1.61. The quantitative estimate of drug-likeness (QED) is 0.802. The predicted molar refractivity (Wildman–Crippen MR) is 66.3 cm³/mol. The molecule has 0 aliphatic carbocycles. The number of hydrogen-bond acceptors (Lipinski definition) is 3. The first kappa shape index (κ1) is 13.3. The van der Waals surface area contributed by atoms with Gasteiger partial charge < -0.3 is 15.2 Å². The first-order chi connectivity index (χ1) is 7.67. The molecule has 4 heteroatoms. The fourth-order valence-corrected chi connectivity index (χ4v) is 1.74. The van der Waals surface area contributed by atoms with Crippen LogP contribution in [0.4, 0.5) is 0 Å². The van der Waals surface area contributed by atoms with E-state index in [4.69, 9.17) is 16.3 Å². The minimum Gasteiger partial charge on any atom is -0.496 e. The van der Waals surface area contributed by atoms with E-state index in [1.807, 2.05) is 19.1 Å². The number of aliphatic hydroxyl groups excluding tert-OH is 1. The fourth-order valence-electron chi connectivity index (χ4n) is 1.54. The van der Waals surface area contributed by atoms with Gasteiger partial charge in [0.25, 0.3) is 0 Å². The molecule has 1 unspecified atom stereocenters. The Morgan fingerprint density at radius 3 is 2.88 bits per heavy atom. The van der Waals surface area contributed by atoms with Crippen molar-refractivity contribution in [3.8, 4) is 5.75 Å². The van der Waals surface area contributed by atoms with Crippen molar-refractivity contribution in [2.24, 2.45) is 0 Å². The van der Waals surface area contributed by atoms with Crippen LogP contribution in [0.2, 0.25) is 5.02 Å². The van der Waals surface area contributed by atoms with Gasteiger partial charge in [0.15, 0.2) is 0 Å². The minimum absolute atomic E-state index is 0.424. The summed E-state index contributed by atoms with van der Waals surface area (Å²) in [6, 6.07) is 5.42. The zero-order valence-electron chi connectivity index (χ0n) is 9.66. The van der Waals surface area contributed by atoms with Gasteiger partial charge in [0, 0.05) is 18.0 Å². The fraction of sp³-hybridized carbons (Fsp3) is 0.500. The zero-order chi connectivity index (χ0) is 12.0. The molecule has 1 atom stereocenters. The summed E-state index contributed by atoms with van der Waals surface area (Å²) in [4.78, 5) is 0. The van der Waals surface area contributed by atoms with Gasteiger partial charge in [-0.15, -0.1) is 0 Å². The molecule has 0 radical (unpaired) electrons. The third-order valence-corrected chi connectivity index (χ3v) is 2.56. The van der Waals surface area contributed by atoms with E-state index in [-0.39, 0.29) is 0 Å². The lowest BCUT2D eigenvalue weighted by Gasteiger charge is -2.14. The van der Waals surface area contributed by atoms with E-state index >= 15 is 0 Å². The van der Waals surface area contributed by atoms with E-state index in [0.717, 1.165) is 17.9 Å². The minimum atomic E-state index is -0.424. The molecule has 0 aliphatic rings. The molecule has 0 saturated heterocycles. The lowest BCUT2D eigenvalue weighted by molar-refractivity contribution is 0.171. The van der Waals surface area contributed by atoms with Crippen molar-refractivity contribution in [3.63, 3.8) is 0 Å². The van der Waals surface area contributed by atoms with Crippen LogP contribution < -0.4 is 10.1 Å². The molecule has 0 aromatic heterocycles. The van der Waals surface area contributed by atoms with Crippen molar-refractivity contribution in [2.45, 2.75) is 19.4 Å². The summed E-state index contributed by atoms with van der Waals surface area (Å²) in [6.07, 6.45) is 0.115. The number of hydrogen-bond donors (Lipinski definition) is 2. The Hall–Kier alpha value is -0.770. The number of halogens is 1. The van der Waals surface area contributed by atoms with Crippen LogP contribution >= 0.6 is 11.6 Å². The van der Waals surface area contributed by atoms with E-state index < -0.39 is 6.10 Å². The van der Waals surface area contributed by atoms with Crippen molar-refractivity contribution in [3.05, 3.63) is 28.8 Å². The Morgan fingerprint density at radius 1 is 1.50 bits per heavy atom. The van der Waals surface area contributed by atoms with Crippen LogP contribution in [0.1, 0.15) is 12.5 Å². The van der Waals surface area contributed by atoms with E-state index in [1.165, 1.54) is 0 Å². The van der Waals surface area contributed by atoms with Crippen molar-refractivity contribution >= 4 is 11.6 Å². The van der Waals surface area contributed by atoms with Gasteiger partial charge in [-0.05, 0) is 30.3 Å². The predicted octanol–water partition coefficient (Wildman–Crippen LogP) is 1.86. The first-order valence-electron chi connectivity index (χ1n) is 5.38. The molecule has 0 heterocycles. The number of rotatable bonds is 6. The highest BCUT2D eigenvalue weighted by atomic mass is 35.5. The van der Waals surface area contributed by atoms with Gasteiger partial charge in [-0.1, -0.05) is 18.5 Å². The summed E-state index contributed by atoms with van der Waals surface area (Å²) in [5, 5.41) is 13.5. The molecular formula is C12H18ClNO2. The van der Waals surface area contributed by atoms with Gasteiger partial charge in [-0.3, -0.25) is 0 Å². The number of likely N-dealkylation sites (N-methyl/N-ethyl adjacent to an activating group) is 1. The third-order valence-electron chi connectivity index (χ3n) is 2.33. The number of aliphatic hydroxyl groups is 1. The smallest absolute Gasteiger partial charge is 0.122 e. The highest BCUT2D eigenvalue weighted by Crippen LogP contribution is 2.23. The molecule has 0 saturated carbocycles. The van der Waals surface area contributed by atoms with Gasteiger partial charge in [0.1, 0.15) is 5.75 Å². The van der Waals surface area contributed by atoms with Crippen LogP contribution in [0.5, 0.6) is 5.75 Å². The molecule has 2 N–H and O–H groups in total. The second-order valence-corrected chi connectivity index (χ2v) is 4.06. The van der Waals surface area contributed by atoms with Gasteiger partial charge in [-0.25, -0.2) is 0 Å². The van der Waals surface area contributed by atoms with E-state index in [9.17, 15) is 5.11 Å². The van der Waals surface area contributed by atoms with Crippen LogP contribution in [0.25, 0.3) is 0 Å². The Balaban J connectivity index is 2.67. The Labute approximate surface area is 101 Å². The molecule has 0 fully saturated rings. The van der Waals surface area contributed by atoms with E-state index in [0.29, 0.717) is 18.0 Å². The second-order valence-electron chi connectivity index (χ2n) is 3.62. The van der Waals surface area contributed by atoms with Crippen molar-refractivity contribution < 1.29 is 9.84 Å². The number of benzene rings is 1. The highest BCUT2D eigenvalue weighted by molar-refractivity contribution is 6.30. The van der Waals surface area contributed by atoms with Crippen LogP contribution in [0, 0.1) is 0 Å². The summed E-state index contributed by atoms with van der Waals surface area (Å²) in [5.74, 6) is 0.764. The monoisotopic (exact) mass is 243 g/mol. The zero-order valence-corrected chi connectivity index (χ0v) is 10.4. The molecule has 1 aromatic rings. The van der Waals surface area contributed by atoms with Crippen LogP contribution in [-0.4, -0.2) is 31.4 Å². The Kier molecular flexibility index (Phi) is 5.60. The SMILES string of the molecule is CCNCC(O)Cc1cc(Cl)ccc1OC. The van der Waals surface area contributed by atoms with Crippen LogP contribution in [-0.2, 0) is 6.42 Å². The summed E-state index contributed by atoms with van der Waals surface area (Å²) in [6.45, 7) is 3.43. The molecular weight excluding hydrogens is 226 g/mol. The molecule has 0 spiro atoms. The van der Waals surface area contributed by atoms with Crippen molar-refractivity contribution in [2.75, 3.05) is 20.2 Å². The van der Waals surface area contributed by atoms with Gasteiger partial charge in [-0.2, -0.15) is 0 Å². The second kappa shape index (κ2) is 6.74. The third kappa shape index (κ3) is 4.00. The molecule has 0 bridgehead atoms. The lowest BCUT2D eigenvalue weighted by atomic mass is 10.1. The Bertz CT molecular complexity index is 331. The average Bonchev–Trinajstić information content (AvgIpc) is 2.27. The summed E-state index contributed by atoms with van der Waals surface area (Å²) < 4.78 is 5.22. The molecule has 0 amide bonds. The standard InChI is InChI=1S/C12H18ClNO2/c1-3-14-8-11(15)7-9-6-10(13)4-5-12(9)16-2/h4-6,11,14-15H,3,7-8H2,1-2H3. The van der Waals surface area contributed by atoms with Gasteiger partial charge >= 0.3 is 0 Å². The number of ether oxygens (including phenoxy) is 1. The number of nitrogens with one attached hydrogen (secondary N) is 1.